The first kappa shape index (κ1) is 15.6. The minimum absolute atomic E-state index is 0.0103. The maximum Gasteiger partial charge on any atom is 0.243 e. The van der Waals surface area contributed by atoms with E-state index < -0.39 is 10.0 Å². The fraction of sp³-hybridized carbons (Fsp3) is 0.647. The average molecular weight is 337 g/mol. The van der Waals surface area contributed by atoms with Gasteiger partial charge in [0.15, 0.2) is 0 Å². The van der Waals surface area contributed by atoms with E-state index in [4.69, 9.17) is 9.47 Å². The van der Waals surface area contributed by atoms with Gasteiger partial charge in [0.05, 0.1) is 16.6 Å². The summed E-state index contributed by atoms with van der Waals surface area (Å²) in [4.78, 5) is 0.338. The lowest BCUT2D eigenvalue weighted by Gasteiger charge is -2.23. The first-order chi connectivity index (χ1) is 10.7. The molecule has 23 heavy (non-hydrogen) atoms. The number of nitrogens with zero attached hydrogens (tertiary/aromatic N) is 1. The van der Waals surface area contributed by atoms with Gasteiger partial charge in [0.25, 0.3) is 0 Å². The first-order valence-corrected chi connectivity index (χ1v) is 9.59. The van der Waals surface area contributed by atoms with Crippen molar-refractivity contribution in [3.63, 3.8) is 0 Å². The van der Waals surface area contributed by atoms with E-state index in [1.54, 1.807) is 16.4 Å². The van der Waals surface area contributed by atoms with Crippen LogP contribution in [0, 0.1) is 6.92 Å². The minimum Gasteiger partial charge on any atom is -0.365 e. The number of rotatable bonds is 2. The van der Waals surface area contributed by atoms with E-state index >= 15 is 0 Å². The molecule has 0 aliphatic carbocycles. The second-order valence-electron chi connectivity index (χ2n) is 7.49. The molecule has 3 fully saturated rings. The van der Waals surface area contributed by atoms with Gasteiger partial charge in [0.2, 0.25) is 10.0 Å². The Hall–Kier alpha value is -0.950. The van der Waals surface area contributed by atoms with Gasteiger partial charge in [-0.3, -0.25) is 0 Å². The Morgan fingerprint density at radius 2 is 1.74 bits per heavy atom. The van der Waals surface area contributed by atoms with Crippen molar-refractivity contribution in [2.45, 2.75) is 61.9 Å². The molecule has 6 heteroatoms. The molecule has 0 saturated carbocycles. The van der Waals surface area contributed by atoms with Gasteiger partial charge in [-0.05, 0) is 45.7 Å². The molecule has 3 heterocycles. The lowest BCUT2D eigenvalue weighted by atomic mass is 9.98. The van der Waals surface area contributed by atoms with Gasteiger partial charge in [-0.15, -0.1) is 0 Å². The molecule has 4 atom stereocenters. The van der Waals surface area contributed by atoms with Crippen LogP contribution in [0.15, 0.2) is 29.2 Å². The molecule has 3 saturated heterocycles. The maximum atomic E-state index is 13.1. The van der Waals surface area contributed by atoms with Crippen molar-refractivity contribution in [1.29, 1.82) is 0 Å². The Labute approximate surface area is 137 Å². The van der Waals surface area contributed by atoms with Crippen molar-refractivity contribution in [2.24, 2.45) is 0 Å². The monoisotopic (exact) mass is 337 g/mol. The lowest BCUT2D eigenvalue weighted by Crippen LogP contribution is -2.41. The van der Waals surface area contributed by atoms with Crippen molar-refractivity contribution in [2.75, 3.05) is 13.1 Å². The first-order valence-electron chi connectivity index (χ1n) is 8.15. The van der Waals surface area contributed by atoms with E-state index in [1.807, 2.05) is 26.0 Å². The summed E-state index contributed by atoms with van der Waals surface area (Å²) in [5.74, 6) is 0. The topological polar surface area (TPSA) is 62.4 Å². The molecule has 3 aliphatic rings. The number of hydrogen-bond acceptors (Lipinski definition) is 4. The fourth-order valence-corrected chi connectivity index (χ4v) is 5.13. The standard InChI is InChI=1S/C17H23NO4S/c1-12-4-6-13(7-5-12)23(19,20)18-10-15-16(2,22-15)9-8-14-17(3,11-18)21-14/h4-7,14-15H,8-11H2,1-3H3/t14-,15+,16-,17-/m1/s1. The fourth-order valence-electron chi connectivity index (χ4n) is 3.60. The summed E-state index contributed by atoms with van der Waals surface area (Å²) in [7, 11) is -3.54. The number of hydrogen-bond donors (Lipinski definition) is 0. The molecular formula is C17H23NO4S. The molecule has 0 spiro atoms. The Bertz CT molecular complexity index is 731. The van der Waals surface area contributed by atoms with Gasteiger partial charge in [-0.1, -0.05) is 17.7 Å². The number of ether oxygens (including phenoxy) is 2. The van der Waals surface area contributed by atoms with Crippen LogP contribution in [0.4, 0.5) is 0 Å². The minimum atomic E-state index is -3.54. The van der Waals surface area contributed by atoms with Gasteiger partial charge < -0.3 is 9.47 Å². The summed E-state index contributed by atoms with van der Waals surface area (Å²) in [6.45, 7) is 6.82. The summed E-state index contributed by atoms with van der Waals surface area (Å²) in [6, 6.07) is 7.02. The van der Waals surface area contributed by atoms with Crippen LogP contribution in [0.3, 0.4) is 0 Å². The highest BCUT2D eigenvalue weighted by Crippen LogP contribution is 2.49. The van der Waals surface area contributed by atoms with Crippen LogP contribution in [0.25, 0.3) is 0 Å². The Morgan fingerprint density at radius 3 is 2.43 bits per heavy atom. The Morgan fingerprint density at radius 1 is 1.09 bits per heavy atom. The average Bonchev–Trinajstić information content (AvgIpc) is 3.33. The highest BCUT2D eigenvalue weighted by molar-refractivity contribution is 7.89. The predicted octanol–water partition coefficient (Wildman–Crippen LogP) is 2.09. The quantitative estimate of drug-likeness (QED) is 0.775. The molecule has 0 radical (unpaired) electrons. The van der Waals surface area contributed by atoms with Crippen LogP contribution < -0.4 is 0 Å². The van der Waals surface area contributed by atoms with E-state index in [9.17, 15) is 8.42 Å². The van der Waals surface area contributed by atoms with E-state index in [0.717, 1.165) is 18.4 Å². The molecule has 0 unspecified atom stereocenters. The smallest absolute Gasteiger partial charge is 0.243 e. The number of epoxide rings is 2. The van der Waals surface area contributed by atoms with Crippen molar-refractivity contribution >= 4 is 10.0 Å². The molecule has 0 amide bonds. The highest BCUT2D eigenvalue weighted by Gasteiger charge is 2.61. The summed E-state index contributed by atoms with van der Waals surface area (Å²) in [5.41, 5.74) is 0.493. The van der Waals surface area contributed by atoms with E-state index in [0.29, 0.717) is 18.0 Å². The number of aryl methyl sites for hydroxylation is 1. The van der Waals surface area contributed by atoms with Gasteiger partial charge in [0, 0.05) is 13.1 Å². The summed E-state index contributed by atoms with van der Waals surface area (Å²) >= 11 is 0. The van der Waals surface area contributed by atoms with Crippen LogP contribution in [-0.2, 0) is 19.5 Å². The van der Waals surface area contributed by atoms with Crippen LogP contribution in [0.5, 0.6) is 0 Å². The second-order valence-corrected chi connectivity index (χ2v) is 9.43. The third-order valence-electron chi connectivity index (χ3n) is 5.49. The largest absolute Gasteiger partial charge is 0.365 e. The summed E-state index contributed by atoms with van der Waals surface area (Å²) in [5, 5.41) is 0. The zero-order chi connectivity index (χ0) is 16.5. The molecule has 0 aromatic heterocycles. The van der Waals surface area contributed by atoms with Crippen molar-refractivity contribution < 1.29 is 17.9 Å². The Balaban J connectivity index is 1.66. The van der Waals surface area contributed by atoms with Crippen LogP contribution >= 0.6 is 0 Å². The summed E-state index contributed by atoms with van der Waals surface area (Å²) < 4.78 is 39.3. The molecule has 0 N–H and O–H groups in total. The normalized spacial score (nSPS) is 40.3. The molecule has 4 rings (SSSR count). The van der Waals surface area contributed by atoms with Gasteiger partial charge in [-0.2, -0.15) is 4.31 Å². The molecule has 126 valence electrons. The molecule has 1 aromatic carbocycles. The third-order valence-corrected chi connectivity index (χ3v) is 7.32. The zero-order valence-corrected chi connectivity index (χ0v) is 14.6. The van der Waals surface area contributed by atoms with Gasteiger partial charge in [-0.25, -0.2) is 8.42 Å². The van der Waals surface area contributed by atoms with E-state index in [2.05, 4.69) is 6.92 Å². The van der Waals surface area contributed by atoms with Crippen LogP contribution in [0.2, 0.25) is 0 Å². The van der Waals surface area contributed by atoms with Crippen molar-refractivity contribution in [3.05, 3.63) is 29.8 Å². The second kappa shape index (κ2) is 4.79. The molecule has 5 nitrogen and oxygen atoms in total. The van der Waals surface area contributed by atoms with Crippen molar-refractivity contribution in [3.8, 4) is 0 Å². The number of sulfonamides is 1. The summed E-state index contributed by atoms with van der Waals surface area (Å²) in [6.07, 6.45) is 1.99. The Kier molecular flexibility index (Phi) is 3.24. The zero-order valence-electron chi connectivity index (χ0n) is 13.8. The number of fused-ring (bicyclic) bond motifs is 2. The van der Waals surface area contributed by atoms with Gasteiger partial charge in [0.1, 0.15) is 11.7 Å². The van der Waals surface area contributed by atoms with E-state index in [1.165, 1.54) is 0 Å². The lowest BCUT2D eigenvalue weighted by molar-refractivity contribution is 0.248. The molecule has 0 bridgehead atoms. The van der Waals surface area contributed by atoms with Gasteiger partial charge >= 0.3 is 0 Å². The predicted molar refractivity (Wildman–Crippen MR) is 85.7 cm³/mol. The van der Waals surface area contributed by atoms with Crippen molar-refractivity contribution in [1.82, 2.24) is 4.31 Å². The van der Waals surface area contributed by atoms with E-state index in [-0.39, 0.29) is 23.4 Å². The third kappa shape index (κ3) is 2.61. The molecule has 1 aromatic rings. The van der Waals surface area contributed by atoms with Crippen LogP contribution in [-0.4, -0.2) is 49.2 Å². The SMILES string of the molecule is Cc1ccc(S(=O)(=O)N2C[C@@H]3O[C@]3(C)CC[C@H]3O[C@]3(C)C2)cc1. The molecular weight excluding hydrogens is 314 g/mol. The number of benzene rings is 1. The highest BCUT2D eigenvalue weighted by atomic mass is 32.2. The van der Waals surface area contributed by atoms with Crippen LogP contribution in [0.1, 0.15) is 32.3 Å². The molecule has 3 aliphatic heterocycles. The maximum absolute atomic E-state index is 13.1.